The smallest absolute Gasteiger partial charge is 0.178 e. The molecule has 1 spiro atoms. The van der Waals surface area contributed by atoms with Gasteiger partial charge in [0.15, 0.2) is 11.9 Å². The Morgan fingerprint density at radius 1 is 1.07 bits per heavy atom. The van der Waals surface area contributed by atoms with E-state index >= 15 is 0 Å². The minimum absolute atomic E-state index is 0.230. The van der Waals surface area contributed by atoms with Gasteiger partial charge in [-0.3, -0.25) is 0 Å². The summed E-state index contributed by atoms with van der Waals surface area (Å²) in [5, 5.41) is 35.8. The molecule has 11 atom stereocenters. The average molecular weight is 622 g/mol. The number of aromatic amines is 1. The summed E-state index contributed by atoms with van der Waals surface area (Å²) < 4.78 is 26.7. The zero-order valence-corrected chi connectivity index (χ0v) is 28.1. The van der Waals surface area contributed by atoms with E-state index in [1.807, 2.05) is 26.0 Å². The molecular formula is C37H51NO7. The summed E-state index contributed by atoms with van der Waals surface area (Å²) in [6.07, 6.45) is 3.99. The van der Waals surface area contributed by atoms with Crippen LogP contribution >= 0.6 is 0 Å². The molecule has 5 fully saturated rings. The van der Waals surface area contributed by atoms with Gasteiger partial charge in [-0.25, -0.2) is 0 Å². The number of hydrogen-bond acceptors (Lipinski definition) is 7. The SMILES string of the molecule is CC(C)=C[C@H]1O[C@H]2[C@H]3O[C@@]34[C@H](CC[C@@]3(C)[C@@]4(O)CC[C@H]4Cc5c([nH]c6cccc(C[C@H](O)C(C)(C)O)c56)[C@@]43C)O[C@@H]2C(C)(C)O1. The van der Waals surface area contributed by atoms with Gasteiger partial charge in [-0.1, -0.05) is 31.6 Å². The number of hydrogen-bond donors (Lipinski definition) is 4. The van der Waals surface area contributed by atoms with Gasteiger partial charge in [-0.15, -0.1) is 0 Å². The van der Waals surface area contributed by atoms with Crippen LogP contribution in [0.2, 0.25) is 0 Å². The molecule has 1 aromatic carbocycles. The predicted molar refractivity (Wildman–Crippen MR) is 170 cm³/mol. The van der Waals surface area contributed by atoms with Crippen molar-refractivity contribution in [2.45, 2.75) is 159 Å². The molecule has 4 N–H and O–H groups in total. The minimum atomic E-state index is -1.19. The highest BCUT2D eigenvalue weighted by Gasteiger charge is 2.87. The third kappa shape index (κ3) is 3.74. The van der Waals surface area contributed by atoms with Crippen molar-refractivity contribution >= 4 is 10.9 Å². The van der Waals surface area contributed by atoms with E-state index < -0.39 is 40.2 Å². The summed E-state index contributed by atoms with van der Waals surface area (Å²) in [7, 11) is 0. The van der Waals surface area contributed by atoms with Gasteiger partial charge in [0.05, 0.1) is 23.4 Å². The number of allylic oxidation sites excluding steroid dienone is 1. The van der Waals surface area contributed by atoms with E-state index in [0.29, 0.717) is 18.8 Å². The molecule has 246 valence electrons. The molecule has 8 nitrogen and oxygen atoms in total. The number of nitrogens with one attached hydrogen (secondary N) is 1. The summed E-state index contributed by atoms with van der Waals surface area (Å²) in [5.74, 6) is 0.364. The van der Waals surface area contributed by atoms with Crippen LogP contribution in [0.3, 0.4) is 0 Å². The highest BCUT2D eigenvalue weighted by atomic mass is 16.8. The van der Waals surface area contributed by atoms with Crippen LogP contribution in [-0.4, -0.2) is 79.5 Å². The molecule has 1 aromatic heterocycles. The zero-order chi connectivity index (χ0) is 32.1. The molecule has 8 heteroatoms. The van der Waals surface area contributed by atoms with E-state index in [2.05, 4.69) is 44.8 Å². The second kappa shape index (κ2) is 9.22. The minimum Gasteiger partial charge on any atom is -0.390 e. The Labute approximate surface area is 266 Å². The Balaban J connectivity index is 1.19. The van der Waals surface area contributed by atoms with E-state index in [4.69, 9.17) is 18.9 Å². The first-order valence-electron chi connectivity index (χ1n) is 17.1. The van der Waals surface area contributed by atoms with Gasteiger partial charge in [0.1, 0.15) is 23.9 Å². The third-order valence-corrected chi connectivity index (χ3v) is 13.4. The fraction of sp³-hybridized carbons (Fsp3) is 0.730. The van der Waals surface area contributed by atoms with Gasteiger partial charge in [0, 0.05) is 33.8 Å². The lowest BCUT2D eigenvalue weighted by Crippen LogP contribution is -2.77. The molecule has 0 bridgehead atoms. The van der Waals surface area contributed by atoms with Crippen LogP contribution in [0.5, 0.6) is 0 Å². The maximum Gasteiger partial charge on any atom is 0.178 e. The Hall–Kier alpha value is -1.78. The molecule has 6 aliphatic rings. The average Bonchev–Trinajstić information content (AvgIpc) is 3.51. The maximum atomic E-state index is 13.3. The number of H-pyrrole nitrogens is 1. The largest absolute Gasteiger partial charge is 0.390 e. The second-order valence-electron chi connectivity index (χ2n) is 16.9. The molecular weight excluding hydrogens is 570 g/mol. The number of epoxide rings is 1. The number of aliphatic hydroxyl groups is 3. The van der Waals surface area contributed by atoms with Crippen LogP contribution in [0.1, 0.15) is 97.9 Å². The molecule has 45 heavy (non-hydrogen) atoms. The lowest BCUT2D eigenvalue weighted by molar-refractivity contribution is -0.343. The third-order valence-electron chi connectivity index (χ3n) is 13.4. The van der Waals surface area contributed by atoms with E-state index in [1.165, 1.54) is 11.3 Å². The first kappa shape index (κ1) is 30.5. The van der Waals surface area contributed by atoms with Crippen LogP contribution in [-0.2, 0) is 37.2 Å². The van der Waals surface area contributed by atoms with Crippen molar-refractivity contribution < 1.29 is 34.3 Å². The Morgan fingerprint density at radius 2 is 1.82 bits per heavy atom. The molecule has 8 rings (SSSR count). The Bertz CT molecular complexity index is 1580. The normalized spacial score (nSPS) is 45.0. The molecule has 4 heterocycles. The van der Waals surface area contributed by atoms with Crippen LogP contribution < -0.4 is 0 Å². The van der Waals surface area contributed by atoms with Crippen LogP contribution in [0, 0.1) is 11.3 Å². The highest BCUT2D eigenvalue weighted by Crippen LogP contribution is 2.75. The molecule has 3 aliphatic heterocycles. The Kier molecular flexibility index (Phi) is 6.26. The zero-order valence-electron chi connectivity index (χ0n) is 28.1. The van der Waals surface area contributed by atoms with E-state index in [0.717, 1.165) is 47.7 Å². The summed E-state index contributed by atoms with van der Waals surface area (Å²) in [4.78, 5) is 3.85. The van der Waals surface area contributed by atoms with E-state index in [-0.39, 0.29) is 29.8 Å². The van der Waals surface area contributed by atoms with Crippen LogP contribution in [0.25, 0.3) is 10.9 Å². The van der Waals surface area contributed by atoms with Gasteiger partial charge in [-0.05, 0) is 103 Å². The van der Waals surface area contributed by atoms with Gasteiger partial charge >= 0.3 is 0 Å². The van der Waals surface area contributed by atoms with Crippen LogP contribution in [0.4, 0.5) is 0 Å². The predicted octanol–water partition coefficient (Wildman–Crippen LogP) is 4.99. The summed E-state index contributed by atoms with van der Waals surface area (Å²) in [6, 6.07) is 6.22. The van der Waals surface area contributed by atoms with Crippen molar-refractivity contribution in [2.75, 3.05) is 0 Å². The fourth-order valence-corrected chi connectivity index (χ4v) is 10.8. The lowest BCUT2D eigenvalue weighted by Gasteiger charge is -2.66. The van der Waals surface area contributed by atoms with Crippen molar-refractivity contribution in [3.63, 3.8) is 0 Å². The van der Waals surface area contributed by atoms with Gasteiger partial charge in [0.25, 0.3) is 0 Å². The van der Waals surface area contributed by atoms with Gasteiger partial charge < -0.3 is 39.3 Å². The van der Waals surface area contributed by atoms with Crippen LogP contribution in [0.15, 0.2) is 29.8 Å². The van der Waals surface area contributed by atoms with Gasteiger partial charge in [-0.2, -0.15) is 0 Å². The maximum absolute atomic E-state index is 13.3. The van der Waals surface area contributed by atoms with Crippen molar-refractivity contribution in [3.8, 4) is 0 Å². The lowest BCUT2D eigenvalue weighted by atomic mass is 9.40. The van der Waals surface area contributed by atoms with Crippen molar-refractivity contribution in [1.29, 1.82) is 0 Å². The molecule has 0 unspecified atom stereocenters. The molecule has 3 saturated heterocycles. The number of aliphatic hydroxyl groups excluding tert-OH is 1. The molecule has 2 saturated carbocycles. The standard InChI is InChI=1S/C37H51NO7/c1-19(2)16-26-43-28-30(33(5,6)44-26)42-25-13-14-34(7)35(8)21(12-15-36(34,41)37(25)31(28)45-37)18-22-27-20(17-24(39)32(3,4)40)10-9-11-23(27)38-29(22)35/h9-11,16,21,24-26,28,30-31,38-41H,12-15,17-18H2,1-8H3/t21-,24-,25-,26-,28+,30-,31+,34+,35+,36-,37-/m0/s1. The fourth-order valence-electron chi connectivity index (χ4n) is 10.8. The number of rotatable bonds is 4. The molecule has 3 aliphatic carbocycles. The van der Waals surface area contributed by atoms with E-state index in [9.17, 15) is 15.3 Å². The highest BCUT2D eigenvalue weighted by molar-refractivity contribution is 5.89. The topological polar surface area (TPSA) is 117 Å². The summed E-state index contributed by atoms with van der Waals surface area (Å²) in [6.45, 7) is 16.2. The first-order valence-corrected chi connectivity index (χ1v) is 17.1. The van der Waals surface area contributed by atoms with Crippen molar-refractivity contribution in [3.05, 3.63) is 46.7 Å². The van der Waals surface area contributed by atoms with E-state index in [1.54, 1.807) is 13.8 Å². The summed E-state index contributed by atoms with van der Waals surface area (Å²) >= 11 is 0. The number of ether oxygens (including phenoxy) is 4. The number of benzene rings is 1. The quantitative estimate of drug-likeness (QED) is 0.281. The second-order valence-corrected chi connectivity index (χ2v) is 16.9. The molecule has 0 radical (unpaired) electrons. The monoisotopic (exact) mass is 621 g/mol. The molecule has 2 aromatic rings. The number of fused-ring (bicyclic) bond motifs is 9. The Morgan fingerprint density at radius 3 is 2.53 bits per heavy atom. The number of aromatic nitrogens is 1. The molecule has 0 amide bonds. The summed E-state index contributed by atoms with van der Waals surface area (Å²) in [5.41, 5.74) is 1.23. The first-order chi connectivity index (χ1) is 21.0. The van der Waals surface area contributed by atoms with Gasteiger partial charge in [0.2, 0.25) is 0 Å². The van der Waals surface area contributed by atoms with Crippen molar-refractivity contribution in [2.24, 2.45) is 11.3 Å². The van der Waals surface area contributed by atoms with Crippen molar-refractivity contribution in [1.82, 2.24) is 4.98 Å².